The van der Waals surface area contributed by atoms with E-state index in [9.17, 15) is 0 Å². The summed E-state index contributed by atoms with van der Waals surface area (Å²) in [5.74, 6) is 0.699. The summed E-state index contributed by atoms with van der Waals surface area (Å²) >= 11 is 6.46. The van der Waals surface area contributed by atoms with Gasteiger partial charge in [-0.25, -0.2) is 4.98 Å². The van der Waals surface area contributed by atoms with Crippen LogP contribution in [-0.4, -0.2) is 27.6 Å². The third kappa shape index (κ3) is 4.40. The Hall–Kier alpha value is -2.96. The average Bonchev–Trinajstić information content (AvgIpc) is 3.51. The Bertz CT molecular complexity index is 1190. The first kappa shape index (κ1) is 20.0. The molecule has 4 aromatic rings. The van der Waals surface area contributed by atoms with Crippen molar-refractivity contribution in [1.29, 1.82) is 0 Å². The van der Waals surface area contributed by atoms with Crippen LogP contribution in [0.25, 0.3) is 11.0 Å². The highest BCUT2D eigenvalue weighted by atomic mass is 35.5. The number of benzene rings is 2. The van der Waals surface area contributed by atoms with Gasteiger partial charge in [-0.2, -0.15) is 0 Å². The highest BCUT2D eigenvalue weighted by Crippen LogP contribution is 2.28. The fourth-order valence-electron chi connectivity index (χ4n) is 4.15. The minimum absolute atomic E-state index is 0.671. The van der Waals surface area contributed by atoms with Crippen LogP contribution in [0.3, 0.4) is 0 Å². The Morgan fingerprint density at radius 3 is 2.74 bits per heavy atom. The van der Waals surface area contributed by atoms with Crippen molar-refractivity contribution in [3.8, 4) is 0 Å². The van der Waals surface area contributed by atoms with E-state index in [1.807, 2.05) is 12.1 Å². The van der Waals surface area contributed by atoms with Crippen LogP contribution in [0.5, 0.6) is 0 Å². The Morgan fingerprint density at radius 1 is 1.06 bits per heavy atom. The summed E-state index contributed by atoms with van der Waals surface area (Å²) in [7, 11) is 2.06. The highest BCUT2D eigenvalue weighted by molar-refractivity contribution is 6.33. The van der Waals surface area contributed by atoms with E-state index in [-0.39, 0.29) is 0 Å². The molecule has 0 saturated carbocycles. The molecule has 6 nitrogen and oxygen atoms in total. The number of nitrogens with one attached hydrogen (secondary N) is 3. The number of aryl methyl sites for hydroxylation is 1. The quantitative estimate of drug-likeness (QED) is 0.374. The Balaban J connectivity index is 1.29. The van der Waals surface area contributed by atoms with E-state index < -0.39 is 0 Å². The standard InChI is InChI=1S/C24H27ClN6/c1-30-10-4-5-19(30)16-26-15-17-6-8-20(25)22(13-17)28-24-27-21-9-7-18(14-23(21)29-24)31-11-2-3-12-31/h4-10,13-14,26H,2-3,11-12,15-16H2,1H3,(H2,27,28,29). The van der Waals surface area contributed by atoms with E-state index in [1.54, 1.807) is 0 Å². The van der Waals surface area contributed by atoms with E-state index in [0.29, 0.717) is 11.0 Å². The van der Waals surface area contributed by atoms with Crippen LogP contribution in [-0.2, 0) is 20.1 Å². The van der Waals surface area contributed by atoms with Crippen molar-refractivity contribution in [3.05, 3.63) is 71.0 Å². The smallest absolute Gasteiger partial charge is 0.205 e. The first-order valence-electron chi connectivity index (χ1n) is 10.8. The number of H-pyrrole nitrogens is 1. The maximum absolute atomic E-state index is 6.46. The summed E-state index contributed by atoms with van der Waals surface area (Å²) in [5, 5.41) is 7.52. The lowest BCUT2D eigenvalue weighted by Gasteiger charge is -2.17. The molecule has 1 saturated heterocycles. The van der Waals surface area contributed by atoms with Gasteiger partial charge >= 0.3 is 0 Å². The van der Waals surface area contributed by atoms with Crippen molar-refractivity contribution < 1.29 is 0 Å². The largest absolute Gasteiger partial charge is 0.371 e. The van der Waals surface area contributed by atoms with Gasteiger partial charge in [0, 0.05) is 50.8 Å². The lowest BCUT2D eigenvalue weighted by Crippen LogP contribution is -2.17. The van der Waals surface area contributed by atoms with Crippen LogP contribution < -0.4 is 15.5 Å². The second-order valence-electron chi connectivity index (χ2n) is 8.13. The number of aromatic nitrogens is 3. The van der Waals surface area contributed by atoms with Crippen molar-refractivity contribution in [2.75, 3.05) is 23.3 Å². The van der Waals surface area contributed by atoms with Crippen LogP contribution in [0.2, 0.25) is 5.02 Å². The molecule has 3 N–H and O–H groups in total. The summed E-state index contributed by atoms with van der Waals surface area (Å²) in [5.41, 5.74) is 6.49. The molecule has 2 aromatic heterocycles. The molecule has 0 radical (unpaired) electrons. The second kappa shape index (κ2) is 8.65. The van der Waals surface area contributed by atoms with Gasteiger partial charge in [0.25, 0.3) is 0 Å². The lowest BCUT2D eigenvalue weighted by atomic mass is 10.2. The van der Waals surface area contributed by atoms with Gasteiger partial charge in [0.1, 0.15) is 0 Å². The molecular weight excluding hydrogens is 408 g/mol. The molecule has 0 bridgehead atoms. The molecule has 31 heavy (non-hydrogen) atoms. The summed E-state index contributed by atoms with van der Waals surface area (Å²) < 4.78 is 2.12. The van der Waals surface area contributed by atoms with Gasteiger partial charge in [-0.05, 0) is 60.9 Å². The number of hydrogen-bond acceptors (Lipinski definition) is 4. The molecule has 0 atom stereocenters. The first-order chi connectivity index (χ1) is 15.2. The molecule has 160 valence electrons. The minimum Gasteiger partial charge on any atom is -0.371 e. The number of halogens is 1. The van der Waals surface area contributed by atoms with Crippen molar-refractivity contribution in [2.24, 2.45) is 7.05 Å². The molecule has 1 aliphatic heterocycles. The Labute approximate surface area is 187 Å². The molecule has 3 heterocycles. The number of nitrogens with zero attached hydrogens (tertiary/aromatic N) is 3. The van der Waals surface area contributed by atoms with Gasteiger partial charge < -0.3 is 25.1 Å². The number of anilines is 3. The zero-order valence-corrected chi connectivity index (χ0v) is 18.4. The topological polar surface area (TPSA) is 60.9 Å². The molecule has 0 amide bonds. The van der Waals surface area contributed by atoms with Gasteiger partial charge in [-0.3, -0.25) is 0 Å². The van der Waals surface area contributed by atoms with Crippen LogP contribution >= 0.6 is 11.6 Å². The summed E-state index contributed by atoms with van der Waals surface area (Å²) in [6.45, 7) is 3.84. The van der Waals surface area contributed by atoms with Crippen molar-refractivity contribution >= 4 is 40.0 Å². The van der Waals surface area contributed by atoms with Crippen molar-refractivity contribution in [2.45, 2.75) is 25.9 Å². The Kier molecular flexibility index (Phi) is 5.57. The van der Waals surface area contributed by atoms with Crippen molar-refractivity contribution in [3.63, 3.8) is 0 Å². The second-order valence-corrected chi connectivity index (χ2v) is 8.54. The van der Waals surface area contributed by atoms with E-state index in [2.05, 4.69) is 79.7 Å². The fraction of sp³-hybridized carbons (Fsp3) is 0.292. The molecule has 0 spiro atoms. The zero-order chi connectivity index (χ0) is 21.2. The fourth-order valence-corrected chi connectivity index (χ4v) is 4.31. The van der Waals surface area contributed by atoms with Gasteiger partial charge in [-0.15, -0.1) is 0 Å². The number of rotatable bonds is 7. The molecule has 2 aromatic carbocycles. The van der Waals surface area contributed by atoms with E-state index in [4.69, 9.17) is 11.6 Å². The summed E-state index contributed by atoms with van der Waals surface area (Å²) in [6.07, 6.45) is 4.59. The zero-order valence-electron chi connectivity index (χ0n) is 17.7. The van der Waals surface area contributed by atoms with Crippen LogP contribution in [0.4, 0.5) is 17.3 Å². The number of imidazole rings is 1. The molecule has 0 aliphatic carbocycles. The predicted octanol–water partition coefficient (Wildman–Crippen LogP) is 5.19. The van der Waals surface area contributed by atoms with Gasteiger partial charge in [0.2, 0.25) is 5.95 Å². The molecule has 0 unspecified atom stereocenters. The third-order valence-corrected chi connectivity index (χ3v) is 6.24. The lowest BCUT2D eigenvalue weighted by molar-refractivity contribution is 0.655. The Morgan fingerprint density at radius 2 is 1.94 bits per heavy atom. The van der Waals surface area contributed by atoms with Gasteiger partial charge in [0.15, 0.2) is 0 Å². The van der Waals surface area contributed by atoms with E-state index in [1.165, 1.54) is 24.2 Å². The van der Waals surface area contributed by atoms with Crippen LogP contribution in [0.1, 0.15) is 24.1 Å². The van der Waals surface area contributed by atoms with Gasteiger partial charge in [0.05, 0.1) is 21.7 Å². The number of hydrogen-bond donors (Lipinski definition) is 3. The van der Waals surface area contributed by atoms with Crippen LogP contribution in [0, 0.1) is 0 Å². The maximum Gasteiger partial charge on any atom is 0.205 e. The summed E-state index contributed by atoms with van der Waals surface area (Å²) in [4.78, 5) is 10.5. The highest BCUT2D eigenvalue weighted by Gasteiger charge is 2.14. The van der Waals surface area contributed by atoms with Crippen LogP contribution in [0.15, 0.2) is 54.7 Å². The predicted molar refractivity (Wildman–Crippen MR) is 128 cm³/mol. The normalized spacial score (nSPS) is 13.9. The van der Waals surface area contributed by atoms with Gasteiger partial charge in [-0.1, -0.05) is 17.7 Å². The average molecular weight is 435 g/mol. The third-order valence-electron chi connectivity index (χ3n) is 5.91. The summed E-state index contributed by atoms with van der Waals surface area (Å²) in [6, 6.07) is 16.7. The van der Waals surface area contributed by atoms with Crippen molar-refractivity contribution in [1.82, 2.24) is 19.9 Å². The van der Waals surface area contributed by atoms with E-state index in [0.717, 1.165) is 48.5 Å². The molecule has 1 fully saturated rings. The maximum atomic E-state index is 6.46. The molecule has 1 aliphatic rings. The molecular formula is C24H27ClN6. The number of aromatic amines is 1. The minimum atomic E-state index is 0.671. The SMILES string of the molecule is Cn1cccc1CNCc1ccc(Cl)c(Nc2nc3ccc(N4CCCC4)cc3[nH]2)c1. The monoisotopic (exact) mass is 434 g/mol. The number of fused-ring (bicyclic) bond motifs is 1. The van der Waals surface area contributed by atoms with E-state index >= 15 is 0 Å². The molecule has 5 rings (SSSR count). The first-order valence-corrected chi connectivity index (χ1v) is 11.1. The molecule has 7 heteroatoms.